The molecular formula is C21H23NO2S. The Kier molecular flexibility index (Phi) is 4.93. The standard InChI is InChI=1S/C21H23NO2S/c1-4-18-14-22(25(23,24)20-12-10-16(2)11-13-20)15-21(18)17(3)19-8-6-5-7-9-19/h4-13,18H,1,14-15H2,2-3H3/b21-17-. The van der Waals surface area contributed by atoms with Crippen molar-refractivity contribution in [2.45, 2.75) is 18.7 Å². The van der Waals surface area contributed by atoms with Crippen molar-refractivity contribution in [3.8, 4) is 0 Å². The van der Waals surface area contributed by atoms with Gasteiger partial charge in [0.2, 0.25) is 10.0 Å². The first-order valence-electron chi connectivity index (χ1n) is 8.38. The van der Waals surface area contributed by atoms with Crippen molar-refractivity contribution in [1.29, 1.82) is 0 Å². The van der Waals surface area contributed by atoms with Crippen LogP contribution in [0, 0.1) is 12.8 Å². The number of nitrogens with zero attached hydrogens (tertiary/aromatic N) is 1. The Bertz CT molecular complexity index is 897. The zero-order chi connectivity index (χ0) is 18.0. The highest BCUT2D eigenvalue weighted by Crippen LogP contribution is 2.34. The van der Waals surface area contributed by atoms with E-state index in [1.165, 1.54) is 0 Å². The third-order valence-corrected chi connectivity index (χ3v) is 6.65. The molecule has 2 aromatic rings. The maximum atomic E-state index is 13.0. The molecule has 0 saturated carbocycles. The van der Waals surface area contributed by atoms with Crippen molar-refractivity contribution in [2.24, 2.45) is 5.92 Å². The van der Waals surface area contributed by atoms with Crippen molar-refractivity contribution in [3.63, 3.8) is 0 Å². The fourth-order valence-electron chi connectivity index (χ4n) is 3.23. The predicted octanol–water partition coefficient (Wildman–Crippen LogP) is 4.28. The highest BCUT2D eigenvalue weighted by molar-refractivity contribution is 7.89. The Labute approximate surface area is 150 Å². The topological polar surface area (TPSA) is 37.4 Å². The molecule has 2 aromatic carbocycles. The average molecular weight is 353 g/mol. The molecule has 0 radical (unpaired) electrons. The average Bonchev–Trinajstić information content (AvgIpc) is 3.07. The number of aryl methyl sites for hydroxylation is 1. The second-order valence-corrected chi connectivity index (χ2v) is 8.41. The summed E-state index contributed by atoms with van der Waals surface area (Å²) >= 11 is 0. The van der Waals surface area contributed by atoms with Crippen LogP contribution in [0.1, 0.15) is 18.1 Å². The fourth-order valence-corrected chi connectivity index (χ4v) is 4.67. The van der Waals surface area contributed by atoms with Gasteiger partial charge in [0.15, 0.2) is 0 Å². The number of benzene rings is 2. The van der Waals surface area contributed by atoms with E-state index in [1.54, 1.807) is 16.4 Å². The van der Waals surface area contributed by atoms with Crippen LogP contribution in [0.5, 0.6) is 0 Å². The second kappa shape index (κ2) is 6.98. The van der Waals surface area contributed by atoms with Crippen LogP contribution in [-0.2, 0) is 10.0 Å². The van der Waals surface area contributed by atoms with Gasteiger partial charge in [-0.2, -0.15) is 4.31 Å². The molecule has 1 unspecified atom stereocenters. The van der Waals surface area contributed by atoms with Gasteiger partial charge in [-0.05, 0) is 42.7 Å². The molecule has 3 rings (SSSR count). The third kappa shape index (κ3) is 3.46. The van der Waals surface area contributed by atoms with Crippen molar-refractivity contribution in [2.75, 3.05) is 13.1 Å². The monoisotopic (exact) mass is 353 g/mol. The summed E-state index contributed by atoms with van der Waals surface area (Å²) in [4.78, 5) is 0.347. The van der Waals surface area contributed by atoms with Crippen molar-refractivity contribution in [1.82, 2.24) is 4.31 Å². The molecule has 0 amide bonds. The highest BCUT2D eigenvalue weighted by atomic mass is 32.2. The van der Waals surface area contributed by atoms with Crippen LogP contribution in [0.3, 0.4) is 0 Å². The zero-order valence-corrected chi connectivity index (χ0v) is 15.5. The second-order valence-electron chi connectivity index (χ2n) is 6.47. The van der Waals surface area contributed by atoms with Crippen molar-refractivity contribution < 1.29 is 8.42 Å². The van der Waals surface area contributed by atoms with Gasteiger partial charge in [0.05, 0.1) is 4.90 Å². The van der Waals surface area contributed by atoms with Gasteiger partial charge < -0.3 is 0 Å². The van der Waals surface area contributed by atoms with Crippen LogP contribution in [0.15, 0.2) is 77.7 Å². The lowest BCUT2D eigenvalue weighted by Crippen LogP contribution is -2.28. The Morgan fingerprint density at radius 2 is 1.76 bits per heavy atom. The number of sulfonamides is 1. The van der Waals surface area contributed by atoms with Crippen LogP contribution in [0.4, 0.5) is 0 Å². The molecule has 25 heavy (non-hydrogen) atoms. The summed E-state index contributed by atoms with van der Waals surface area (Å²) in [6.07, 6.45) is 1.85. The van der Waals surface area contributed by atoms with E-state index in [2.05, 4.69) is 25.6 Å². The van der Waals surface area contributed by atoms with Crippen molar-refractivity contribution in [3.05, 3.63) is 84.0 Å². The molecule has 3 nitrogen and oxygen atoms in total. The van der Waals surface area contributed by atoms with Crippen LogP contribution in [0.25, 0.3) is 5.57 Å². The lowest BCUT2D eigenvalue weighted by molar-refractivity contribution is 0.471. The molecule has 0 aliphatic carbocycles. The lowest BCUT2D eigenvalue weighted by atomic mass is 9.94. The Balaban J connectivity index is 1.96. The molecule has 1 atom stereocenters. The minimum absolute atomic E-state index is 0.0421. The minimum Gasteiger partial charge on any atom is -0.207 e. The lowest BCUT2D eigenvalue weighted by Gasteiger charge is -2.16. The minimum atomic E-state index is -3.50. The van der Waals surface area contributed by atoms with E-state index >= 15 is 0 Å². The first-order chi connectivity index (χ1) is 11.9. The summed E-state index contributed by atoms with van der Waals surface area (Å²) < 4.78 is 27.5. The number of allylic oxidation sites excluding steroid dienone is 1. The predicted molar refractivity (Wildman–Crippen MR) is 103 cm³/mol. The van der Waals surface area contributed by atoms with Gasteiger partial charge in [-0.25, -0.2) is 8.42 Å². The molecule has 1 heterocycles. The largest absolute Gasteiger partial charge is 0.243 e. The molecule has 4 heteroatoms. The highest BCUT2D eigenvalue weighted by Gasteiger charge is 2.35. The van der Waals surface area contributed by atoms with Gasteiger partial charge in [-0.15, -0.1) is 6.58 Å². The molecule has 0 N–H and O–H groups in total. The summed E-state index contributed by atoms with van der Waals surface area (Å²) in [7, 11) is -3.50. The fraction of sp³-hybridized carbons (Fsp3) is 0.238. The van der Waals surface area contributed by atoms with E-state index in [0.29, 0.717) is 18.0 Å². The third-order valence-electron chi connectivity index (χ3n) is 4.83. The van der Waals surface area contributed by atoms with Gasteiger partial charge in [0.1, 0.15) is 0 Å². The molecule has 0 spiro atoms. The van der Waals surface area contributed by atoms with Crippen LogP contribution in [-0.4, -0.2) is 25.8 Å². The van der Waals surface area contributed by atoms with Gasteiger partial charge >= 0.3 is 0 Å². The summed E-state index contributed by atoms with van der Waals surface area (Å²) in [6.45, 7) is 8.78. The maximum absolute atomic E-state index is 13.0. The van der Waals surface area contributed by atoms with Gasteiger partial charge in [-0.1, -0.05) is 54.1 Å². The van der Waals surface area contributed by atoms with E-state index in [9.17, 15) is 8.42 Å². The van der Waals surface area contributed by atoms with Gasteiger partial charge in [-0.3, -0.25) is 0 Å². The molecule has 0 bridgehead atoms. The molecule has 130 valence electrons. The molecule has 1 aliphatic rings. The van der Waals surface area contributed by atoms with E-state index in [1.807, 2.05) is 43.3 Å². The summed E-state index contributed by atoms with van der Waals surface area (Å²) in [6, 6.07) is 17.1. The smallest absolute Gasteiger partial charge is 0.207 e. The van der Waals surface area contributed by atoms with Crippen molar-refractivity contribution >= 4 is 15.6 Å². The van der Waals surface area contributed by atoms with Crippen LogP contribution >= 0.6 is 0 Å². The van der Waals surface area contributed by atoms with Gasteiger partial charge in [0, 0.05) is 19.0 Å². The van der Waals surface area contributed by atoms with Crippen LogP contribution in [0.2, 0.25) is 0 Å². The van der Waals surface area contributed by atoms with E-state index < -0.39 is 10.0 Å². The SMILES string of the molecule is C=CC1CN(S(=O)(=O)c2ccc(C)cc2)C/C1=C(\C)c1ccccc1. The first-order valence-corrected chi connectivity index (χ1v) is 9.82. The summed E-state index contributed by atoms with van der Waals surface area (Å²) in [5.41, 5.74) is 4.42. The molecule has 1 fully saturated rings. The first kappa shape index (κ1) is 17.6. The maximum Gasteiger partial charge on any atom is 0.243 e. The molecular weight excluding hydrogens is 330 g/mol. The summed E-state index contributed by atoms with van der Waals surface area (Å²) in [5, 5.41) is 0. The van der Waals surface area contributed by atoms with E-state index in [4.69, 9.17) is 0 Å². The quantitative estimate of drug-likeness (QED) is 0.770. The number of hydrogen-bond donors (Lipinski definition) is 0. The Hall–Kier alpha value is -2.17. The van der Waals surface area contributed by atoms with E-state index in [0.717, 1.165) is 22.3 Å². The van der Waals surface area contributed by atoms with E-state index in [-0.39, 0.29) is 5.92 Å². The Morgan fingerprint density at radius 3 is 2.36 bits per heavy atom. The van der Waals surface area contributed by atoms with Gasteiger partial charge in [0.25, 0.3) is 0 Å². The van der Waals surface area contributed by atoms with Crippen LogP contribution < -0.4 is 0 Å². The number of hydrogen-bond acceptors (Lipinski definition) is 2. The molecule has 0 aromatic heterocycles. The molecule has 1 saturated heterocycles. The normalized spacial score (nSPS) is 20.5. The molecule has 1 aliphatic heterocycles. The Morgan fingerprint density at radius 1 is 1.12 bits per heavy atom. The zero-order valence-electron chi connectivity index (χ0n) is 14.6. The number of rotatable bonds is 4. The summed E-state index contributed by atoms with van der Waals surface area (Å²) in [5.74, 6) is 0.0421.